The first-order valence-electron chi connectivity index (χ1n) is 6.33. The van der Waals surface area contributed by atoms with E-state index in [1.165, 1.54) is 0 Å². The van der Waals surface area contributed by atoms with Gasteiger partial charge >= 0.3 is 0 Å². The Morgan fingerprint density at radius 2 is 2.21 bits per heavy atom. The highest BCUT2D eigenvalue weighted by atomic mass is 35.5. The number of hydrogen-bond donors (Lipinski definition) is 0. The fourth-order valence-corrected chi connectivity index (χ4v) is 2.32. The number of nitrogens with zero attached hydrogens (tertiary/aromatic N) is 3. The Bertz CT molecular complexity index is 606. The smallest absolute Gasteiger partial charge is 0.242 e. The third-order valence-electron chi connectivity index (χ3n) is 3.36. The predicted octanol–water partition coefficient (Wildman–Crippen LogP) is 2.56. The summed E-state index contributed by atoms with van der Waals surface area (Å²) in [6.45, 7) is 4.96. The number of likely N-dealkylation sites (N-methyl/N-ethyl adjacent to an activating group) is 1. The number of hydrogen-bond acceptors (Lipinski definition) is 2. The van der Waals surface area contributed by atoms with Crippen LogP contribution in [-0.4, -0.2) is 34.0 Å². The van der Waals surface area contributed by atoms with E-state index in [-0.39, 0.29) is 12.5 Å². The fraction of sp³-hybridized carbons (Fsp3) is 0.429. The zero-order valence-electron chi connectivity index (χ0n) is 11.5. The number of para-hydroxylation sites is 1. The van der Waals surface area contributed by atoms with Crippen molar-refractivity contribution in [3.8, 4) is 0 Å². The first-order chi connectivity index (χ1) is 9.08. The number of fused-ring (bicyclic) bond motifs is 1. The highest BCUT2D eigenvalue weighted by molar-refractivity contribution is 6.16. The van der Waals surface area contributed by atoms with Gasteiger partial charge in [-0.1, -0.05) is 12.1 Å². The Morgan fingerprint density at radius 1 is 1.47 bits per heavy atom. The number of aromatic nitrogens is 2. The Balaban J connectivity index is 2.49. The molecule has 1 aromatic carbocycles. The Kier molecular flexibility index (Phi) is 4.10. The number of carbonyl (C=O) groups excluding carboxylic acids is 1. The summed E-state index contributed by atoms with van der Waals surface area (Å²) >= 11 is 5.94. The van der Waals surface area contributed by atoms with Gasteiger partial charge in [0.15, 0.2) is 0 Å². The van der Waals surface area contributed by atoms with Gasteiger partial charge in [0.05, 0.1) is 16.9 Å². The molecule has 0 bridgehead atoms. The summed E-state index contributed by atoms with van der Waals surface area (Å²) in [4.78, 5) is 18.3. The van der Waals surface area contributed by atoms with Crippen molar-refractivity contribution in [2.45, 2.75) is 26.3 Å². The van der Waals surface area contributed by atoms with E-state index in [4.69, 9.17) is 11.6 Å². The summed E-state index contributed by atoms with van der Waals surface area (Å²) in [7, 11) is 1.80. The summed E-state index contributed by atoms with van der Waals surface area (Å²) in [6.07, 6.45) is 0. The third-order valence-corrected chi connectivity index (χ3v) is 3.60. The molecule has 0 fully saturated rings. The molecular weight excluding hydrogens is 262 g/mol. The van der Waals surface area contributed by atoms with Crippen molar-refractivity contribution in [2.75, 3.05) is 13.6 Å². The van der Waals surface area contributed by atoms with Crippen LogP contribution in [0.4, 0.5) is 0 Å². The van der Waals surface area contributed by atoms with Crippen LogP contribution in [0.5, 0.6) is 0 Å². The lowest BCUT2D eigenvalue weighted by atomic mass is 10.2. The van der Waals surface area contributed by atoms with Crippen LogP contribution in [0.15, 0.2) is 18.2 Å². The van der Waals surface area contributed by atoms with Crippen molar-refractivity contribution in [2.24, 2.45) is 0 Å². The van der Waals surface area contributed by atoms with E-state index in [0.717, 1.165) is 22.4 Å². The van der Waals surface area contributed by atoms with Crippen LogP contribution < -0.4 is 0 Å². The van der Waals surface area contributed by atoms with Gasteiger partial charge in [-0.25, -0.2) is 4.98 Å². The molecule has 1 amide bonds. The zero-order valence-corrected chi connectivity index (χ0v) is 12.2. The highest BCUT2D eigenvalue weighted by Crippen LogP contribution is 2.21. The molecule has 0 aliphatic carbocycles. The molecule has 1 heterocycles. The molecule has 2 aromatic rings. The normalized spacial score (nSPS) is 10.9. The standard InChI is InChI=1S/C14H18ClN3O/c1-4-17(3)13(19)9-18-12(8-15)16-11-7-5-6-10(2)14(11)18/h5-7H,4,8-9H2,1-3H3. The van der Waals surface area contributed by atoms with Crippen molar-refractivity contribution < 1.29 is 4.79 Å². The molecule has 0 atom stereocenters. The van der Waals surface area contributed by atoms with E-state index in [9.17, 15) is 4.79 Å². The van der Waals surface area contributed by atoms with E-state index < -0.39 is 0 Å². The third kappa shape index (κ3) is 2.59. The lowest BCUT2D eigenvalue weighted by molar-refractivity contribution is -0.130. The Labute approximate surface area is 118 Å². The SMILES string of the molecule is CCN(C)C(=O)Cn1c(CCl)nc2cccc(C)c21. The number of rotatable bonds is 4. The van der Waals surface area contributed by atoms with Crippen molar-refractivity contribution in [1.82, 2.24) is 14.5 Å². The second-order valence-corrected chi connectivity index (χ2v) is 4.87. The number of benzene rings is 1. The molecule has 0 unspecified atom stereocenters. The van der Waals surface area contributed by atoms with Gasteiger partial charge in [-0.15, -0.1) is 11.6 Å². The minimum atomic E-state index is 0.0661. The Morgan fingerprint density at radius 3 is 2.84 bits per heavy atom. The van der Waals surface area contributed by atoms with Crippen LogP contribution in [0.3, 0.4) is 0 Å². The average molecular weight is 280 g/mol. The largest absolute Gasteiger partial charge is 0.344 e. The monoisotopic (exact) mass is 279 g/mol. The topological polar surface area (TPSA) is 38.1 Å². The number of alkyl halides is 1. The van der Waals surface area contributed by atoms with Gasteiger partial charge in [-0.3, -0.25) is 4.79 Å². The van der Waals surface area contributed by atoms with Gasteiger partial charge in [0.1, 0.15) is 12.4 Å². The predicted molar refractivity (Wildman–Crippen MR) is 77.3 cm³/mol. The van der Waals surface area contributed by atoms with Crippen LogP contribution in [0.25, 0.3) is 11.0 Å². The van der Waals surface area contributed by atoms with E-state index in [1.54, 1.807) is 11.9 Å². The van der Waals surface area contributed by atoms with Gasteiger partial charge in [0, 0.05) is 13.6 Å². The van der Waals surface area contributed by atoms with Gasteiger partial charge in [0.2, 0.25) is 5.91 Å². The number of carbonyl (C=O) groups is 1. The number of amides is 1. The maximum Gasteiger partial charge on any atom is 0.242 e. The molecule has 0 aliphatic rings. The molecule has 5 heteroatoms. The minimum Gasteiger partial charge on any atom is -0.344 e. The highest BCUT2D eigenvalue weighted by Gasteiger charge is 2.16. The molecule has 102 valence electrons. The van der Waals surface area contributed by atoms with Crippen LogP contribution >= 0.6 is 11.6 Å². The van der Waals surface area contributed by atoms with E-state index in [0.29, 0.717) is 12.4 Å². The number of aryl methyl sites for hydroxylation is 1. The second kappa shape index (κ2) is 5.61. The first-order valence-corrected chi connectivity index (χ1v) is 6.86. The summed E-state index contributed by atoms with van der Waals surface area (Å²) in [6, 6.07) is 5.93. The summed E-state index contributed by atoms with van der Waals surface area (Å²) in [5.41, 5.74) is 2.99. The first kappa shape index (κ1) is 13.9. The molecule has 0 aliphatic heterocycles. The van der Waals surface area contributed by atoms with Crippen molar-refractivity contribution in [3.63, 3.8) is 0 Å². The molecule has 0 saturated heterocycles. The minimum absolute atomic E-state index is 0.0661. The molecule has 2 rings (SSSR count). The number of halogens is 1. The molecule has 4 nitrogen and oxygen atoms in total. The van der Waals surface area contributed by atoms with Gasteiger partial charge in [-0.05, 0) is 25.5 Å². The van der Waals surface area contributed by atoms with Crippen LogP contribution in [0.1, 0.15) is 18.3 Å². The lowest BCUT2D eigenvalue weighted by Crippen LogP contribution is -2.30. The van der Waals surface area contributed by atoms with Crippen molar-refractivity contribution >= 4 is 28.5 Å². The van der Waals surface area contributed by atoms with E-state index in [1.807, 2.05) is 36.6 Å². The lowest BCUT2D eigenvalue weighted by Gasteiger charge is -2.16. The summed E-state index contributed by atoms with van der Waals surface area (Å²) in [5, 5.41) is 0. The number of imidazole rings is 1. The van der Waals surface area contributed by atoms with Crippen LogP contribution in [-0.2, 0) is 17.2 Å². The molecule has 1 aromatic heterocycles. The van der Waals surface area contributed by atoms with Crippen LogP contribution in [0.2, 0.25) is 0 Å². The molecular formula is C14H18ClN3O. The molecule has 0 spiro atoms. The van der Waals surface area contributed by atoms with Gasteiger partial charge in [0.25, 0.3) is 0 Å². The summed E-state index contributed by atoms with van der Waals surface area (Å²) < 4.78 is 1.92. The van der Waals surface area contributed by atoms with E-state index in [2.05, 4.69) is 4.98 Å². The maximum atomic E-state index is 12.1. The van der Waals surface area contributed by atoms with Gasteiger partial charge in [-0.2, -0.15) is 0 Å². The quantitative estimate of drug-likeness (QED) is 0.807. The molecule has 0 saturated carbocycles. The van der Waals surface area contributed by atoms with Crippen molar-refractivity contribution in [1.29, 1.82) is 0 Å². The second-order valence-electron chi connectivity index (χ2n) is 4.60. The van der Waals surface area contributed by atoms with Gasteiger partial charge < -0.3 is 9.47 Å². The van der Waals surface area contributed by atoms with Crippen molar-refractivity contribution in [3.05, 3.63) is 29.6 Å². The Hall–Kier alpha value is -1.55. The molecule has 0 N–H and O–H groups in total. The zero-order chi connectivity index (χ0) is 14.0. The molecule has 0 radical (unpaired) electrons. The summed E-state index contributed by atoms with van der Waals surface area (Å²) in [5.74, 6) is 1.11. The molecule has 19 heavy (non-hydrogen) atoms. The fourth-order valence-electron chi connectivity index (χ4n) is 2.12. The maximum absolute atomic E-state index is 12.1. The average Bonchev–Trinajstić information content (AvgIpc) is 2.77. The van der Waals surface area contributed by atoms with E-state index >= 15 is 0 Å². The van der Waals surface area contributed by atoms with Crippen LogP contribution in [0, 0.1) is 6.92 Å².